The van der Waals surface area contributed by atoms with Crippen molar-refractivity contribution in [2.24, 2.45) is 0 Å². The highest BCUT2D eigenvalue weighted by Crippen LogP contribution is 2.23. The van der Waals surface area contributed by atoms with Crippen LogP contribution in [-0.2, 0) is 0 Å². The Bertz CT molecular complexity index is 797. The van der Waals surface area contributed by atoms with E-state index in [2.05, 4.69) is 26.2 Å². The highest BCUT2D eigenvalue weighted by atomic mass is 79.9. The van der Waals surface area contributed by atoms with E-state index in [4.69, 9.17) is 11.6 Å². The number of carbonyl (C=O) groups excluding carboxylic acids is 1. The molecule has 0 bridgehead atoms. The van der Waals surface area contributed by atoms with Gasteiger partial charge in [-0.3, -0.25) is 4.79 Å². The molecule has 0 aliphatic carbocycles. The first-order valence-corrected chi connectivity index (χ1v) is 7.14. The van der Waals surface area contributed by atoms with E-state index in [-0.39, 0.29) is 5.91 Å². The Morgan fingerprint density at radius 1 is 1.20 bits per heavy atom. The SMILES string of the molecule is O=C(Nc1cccc(Cl)c1)c1c[nH]c2cc(Br)ccc12. The van der Waals surface area contributed by atoms with E-state index in [0.717, 1.165) is 15.4 Å². The standard InChI is InChI=1S/C15H10BrClN2O/c16-9-4-5-12-13(8-18-14(12)6-9)15(20)19-11-3-1-2-10(17)7-11/h1-8,18H,(H,19,20). The highest BCUT2D eigenvalue weighted by molar-refractivity contribution is 9.10. The van der Waals surface area contributed by atoms with Gasteiger partial charge in [0.1, 0.15) is 0 Å². The second-order valence-corrected chi connectivity index (χ2v) is 5.71. The van der Waals surface area contributed by atoms with Gasteiger partial charge in [-0.1, -0.05) is 39.7 Å². The van der Waals surface area contributed by atoms with Gasteiger partial charge in [0.05, 0.1) is 5.56 Å². The molecular weight excluding hydrogens is 340 g/mol. The Labute approximate surface area is 129 Å². The van der Waals surface area contributed by atoms with Gasteiger partial charge in [0.25, 0.3) is 5.91 Å². The molecule has 2 N–H and O–H groups in total. The van der Waals surface area contributed by atoms with E-state index in [1.807, 2.05) is 18.2 Å². The number of anilines is 1. The average molecular weight is 350 g/mol. The van der Waals surface area contributed by atoms with Crippen LogP contribution in [0.3, 0.4) is 0 Å². The number of halogens is 2. The minimum Gasteiger partial charge on any atom is -0.360 e. The predicted molar refractivity (Wildman–Crippen MR) is 85.4 cm³/mol. The van der Waals surface area contributed by atoms with Crippen LogP contribution in [0, 0.1) is 0 Å². The molecule has 5 heteroatoms. The molecule has 0 fully saturated rings. The van der Waals surface area contributed by atoms with Crippen molar-refractivity contribution < 1.29 is 4.79 Å². The maximum absolute atomic E-state index is 12.3. The zero-order chi connectivity index (χ0) is 14.1. The third-order valence-electron chi connectivity index (χ3n) is 2.97. The number of fused-ring (bicyclic) bond motifs is 1. The summed E-state index contributed by atoms with van der Waals surface area (Å²) >= 11 is 9.31. The van der Waals surface area contributed by atoms with Gasteiger partial charge in [0.2, 0.25) is 0 Å². The highest BCUT2D eigenvalue weighted by Gasteiger charge is 2.12. The number of aromatic amines is 1. The van der Waals surface area contributed by atoms with Gasteiger partial charge in [0.15, 0.2) is 0 Å². The van der Waals surface area contributed by atoms with Gasteiger partial charge < -0.3 is 10.3 Å². The number of benzene rings is 2. The maximum Gasteiger partial charge on any atom is 0.257 e. The molecule has 2 aromatic carbocycles. The molecule has 0 saturated heterocycles. The predicted octanol–water partition coefficient (Wildman–Crippen LogP) is 4.84. The van der Waals surface area contributed by atoms with Crippen molar-refractivity contribution in [2.45, 2.75) is 0 Å². The molecule has 0 aliphatic rings. The molecule has 1 amide bonds. The van der Waals surface area contributed by atoms with E-state index in [1.54, 1.807) is 30.5 Å². The first-order valence-electron chi connectivity index (χ1n) is 5.97. The van der Waals surface area contributed by atoms with E-state index in [9.17, 15) is 4.79 Å². The van der Waals surface area contributed by atoms with Crippen LogP contribution >= 0.6 is 27.5 Å². The van der Waals surface area contributed by atoms with Crippen molar-refractivity contribution in [2.75, 3.05) is 5.32 Å². The molecule has 3 aromatic rings. The van der Waals surface area contributed by atoms with E-state index in [0.29, 0.717) is 16.3 Å². The lowest BCUT2D eigenvalue weighted by Crippen LogP contribution is -2.11. The average Bonchev–Trinajstić information content (AvgIpc) is 2.81. The second kappa shape index (κ2) is 5.31. The molecule has 0 radical (unpaired) electrons. The van der Waals surface area contributed by atoms with Crippen LogP contribution < -0.4 is 5.32 Å². The molecule has 3 rings (SSSR count). The topological polar surface area (TPSA) is 44.9 Å². The number of aromatic nitrogens is 1. The van der Waals surface area contributed by atoms with Crippen molar-refractivity contribution in [1.29, 1.82) is 0 Å². The van der Waals surface area contributed by atoms with Gasteiger partial charge in [-0.2, -0.15) is 0 Å². The molecule has 0 atom stereocenters. The molecule has 1 heterocycles. The lowest BCUT2D eigenvalue weighted by molar-refractivity contribution is 0.102. The Hall–Kier alpha value is -1.78. The largest absolute Gasteiger partial charge is 0.360 e. The van der Waals surface area contributed by atoms with Gasteiger partial charge in [-0.25, -0.2) is 0 Å². The quantitative estimate of drug-likeness (QED) is 0.683. The van der Waals surface area contributed by atoms with Crippen LogP contribution in [0.15, 0.2) is 53.1 Å². The minimum absolute atomic E-state index is 0.166. The molecule has 0 aliphatic heterocycles. The molecule has 100 valence electrons. The molecule has 0 spiro atoms. The zero-order valence-corrected chi connectivity index (χ0v) is 12.6. The van der Waals surface area contributed by atoms with E-state index < -0.39 is 0 Å². The summed E-state index contributed by atoms with van der Waals surface area (Å²) in [5, 5.41) is 4.31. The van der Waals surface area contributed by atoms with Gasteiger partial charge in [0, 0.05) is 32.3 Å². The summed E-state index contributed by atoms with van der Waals surface area (Å²) in [7, 11) is 0. The Morgan fingerprint density at radius 3 is 2.85 bits per heavy atom. The molecule has 0 unspecified atom stereocenters. The summed E-state index contributed by atoms with van der Waals surface area (Å²) in [6, 6.07) is 12.8. The van der Waals surface area contributed by atoms with Crippen LogP contribution in [0.25, 0.3) is 10.9 Å². The molecule has 3 nitrogen and oxygen atoms in total. The fraction of sp³-hybridized carbons (Fsp3) is 0. The first-order chi connectivity index (χ1) is 9.63. The monoisotopic (exact) mass is 348 g/mol. The van der Waals surface area contributed by atoms with E-state index in [1.165, 1.54) is 0 Å². The normalized spacial score (nSPS) is 10.7. The number of H-pyrrole nitrogens is 1. The first kappa shape index (κ1) is 13.2. The van der Waals surface area contributed by atoms with Gasteiger partial charge in [-0.15, -0.1) is 0 Å². The van der Waals surface area contributed by atoms with E-state index >= 15 is 0 Å². The summed E-state index contributed by atoms with van der Waals surface area (Å²) in [5.74, 6) is -0.166. The number of rotatable bonds is 2. The van der Waals surface area contributed by atoms with Crippen LogP contribution in [-0.4, -0.2) is 10.9 Å². The van der Waals surface area contributed by atoms with Crippen LogP contribution in [0.5, 0.6) is 0 Å². The number of hydrogen-bond acceptors (Lipinski definition) is 1. The number of hydrogen-bond donors (Lipinski definition) is 2. The van der Waals surface area contributed by atoms with Crippen molar-refractivity contribution in [3.8, 4) is 0 Å². The molecule has 20 heavy (non-hydrogen) atoms. The molecule has 0 saturated carbocycles. The fourth-order valence-electron chi connectivity index (χ4n) is 2.05. The molecular formula is C15H10BrClN2O. The third kappa shape index (κ3) is 2.57. The Balaban J connectivity index is 1.93. The van der Waals surface area contributed by atoms with Crippen LogP contribution in [0.2, 0.25) is 5.02 Å². The fourth-order valence-corrected chi connectivity index (χ4v) is 2.60. The summed E-state index contributed by atoms with van der Waals surface area (Å²) in [4.78, 5) is 15.4. The summed E-state index contributed by atoms with van der Waals surface area (Å²) < 4.78 is 0.966. The smallest absolute Gasteiger partial charge is 0.257 e. The number of carbonyl (C=O) groups is 1. The van der Waals surface area contributed by atoms with Crippen LogP contribution in [0.1, 0.15) is 10.4 Å². The second-order valence-electron chi connectivity index (χ2n) is 4.36. The van der Waals surface area contributed by atoms with Crippen molar-refractivity contribution in [1.82, 2.24) is 4.98 Å². The number of nitrogens with one attached hydrogen (secondary N) is 2. The number of amides is 1. The zero-order valence-electron chi connectivity index (χ0n) is 10.3. The van der Waals surface area contributed by atoms with Crippen molar-refractivity contribution >= 4 is 50.0 Å². The van der Waals surface area contributed by atoms with Gasteiger partial charge in [-0.05, 0) is 30.3 Å². The summed E-state index contributed by atoms with van der Waals surface area (Å²) in [6.07, 6.45) is 1.71. The van der Waals surface area contributed by atoms with Crippen LogP contribution in [0.4, 0.5) is 5.69 Å². The Morgan fingerprint density at radius 2 is 2.05 bits per heavy atom. The molecule has 1 aromatic heterocycles. The maximum atomic E-state index is 12.3. The van der Waals surface area contributed by atoms with Gasteiger partial charge >= 0.3 is 0 Å². The van der Waals surface area contributed by atoms with Crippen molar-refractivity contribution in [3.05, 3.63) is 63.7 Å². The Kier molecular flexibility index (Phi) is 3.51. The summed E-state index contributed by atoms with van der Waals surface area (Å²) in [5.41, 5.74) is 2.19. The lowest BCUT2D eigenvalue weighted by Gasteiger charge is -2.04. The van der Waals surface area contributed by atoms with Crippen molar-refractivity contribution in [3.63, 3.8) is 0 Å². The lowest BCUT2D eigenvalue weighted by atomic mass is 10.1. The minimum atomic E-state index is -0.166. The third-order valence-corrected chi connectivity index (χ3v) is 3.70. The summed E-state index contributed by atoms with van der Waals surface area (Å²) in [6.45, 7) is 0.